The standard InChI is InChI=1S/C16H12ClN3O3/c1-19(10-12-4-2-11(9-18)3-5-12)16(21)14-7-6-13(17)8-15(14)20(22)23/h2-8H,10H2,1H3. The van der Waals surface area contributed by atoms with Crippen molar-refractivity contribution in [2.75, 3.05) is 7.05 Å². The summed E-state index contributed by atoms with van der Waals surface area (Å²) in [5.74, 6) is -0.474. The first-order valence-corrected chi connectivity index (χ1v) is 6.98. The molecule has 1 amide bonds. The van der Waals surface area contributed by atoms with Gasteiger partial charge < -0.3 is 4.90 Å². The molecule has 23 heavy (non-hydrogen) atoms. The van der Waals surface area contributed by atoms with E-state index in [0.29, 0.717) is 5.56 Å². The molecule has 0 saturated carbocycles. The molecule has 0 atom stereocenters. The number of nitriles is 1. The summed E-state index contributed by atoms with van der Waals surface area (Å²) < 4.78 is 0. The van der Waals surface area contributed by atoms with Gasteiger partial charge in [-0.3, -0.25) is 14.9 Å². The van der Waals surface area contributed by atoms with Crippen molar-refractivity contribution >= 4 is 23.2 Å². The van der Waals surface area contributed by atoms with Gasteiger partial charge >= 0.3 is 0 Å². The lowest BCUT2D eigenvalue weighted by Crippen LogP contribution is -2.26. The lowest BCUT2D eigenvalue weighted by molar-refractivity contribution is -0.385. The number of carbonyl (C=O) groups is 1. The summed E-state index contributed by atoms with van der Waals surface area (Å²) in [5, 5.41) is 20.0. The highest BCUT2D eigenvalue weighted by molar-refractivity contribution is 6.31. The van der Waals surface area contributed by atoms with Crippen LogP contribution in [0.1, 0.15) is 21.5 Å². The molecule has 6 nitrogen and oxygen atoms in total. The van der Waals surface area contributed by atoms with Crippen LogP contribution >= 0.6 is 11.6 Å². The van der Waals surface area contributed by atoms with Gasteiger partial charge in [0.1, 0.15) is 5.56 Å². The van der Waals surface area contributed by atoms with Crippen molar-refractivity contribution in [3.63, 3.8) is 0 Å². The summed E-state index contributed by atoms with van der Waals surface area (Å²) >= 11 is 5.75. The zero-order valence-electron chi connectivity index (χ0n) is 12.2. The van der Waals surface area contributed by atoms with Crippen LogP contribution in [0, 0.1) is 21.4 Å². The van der Waals surface area contributed by atoms with Gasteiger partial charge in [-0.2, -0.15) is 5.26 Å². The van der Waals surface area contributed by atoms with Crippen molar-refractivity contribution in [2.45, 2.75) is 6.54 Å². The highest BCUT2D eigenvalue weighted by atomic mass is 35.5. The second-order valence-corrected chi connectivity index (χ2v) is 5.32. The summed E-state index contributed by atoms with van der Waals surface area (Å²) in [6.45, 7) is 0.268. The van der Waals surface area contributed by atoms with E-state index >= 15 is 0 Å². The Kier molecular flexibility index (Phi) is 4.94. The Morgan fingerprint density at radius 3 is 2.52 bits per heavy atom. The Morgan fingerprint density at radius 2 is 1.96 bits per heavy atom. The normalized spacial score (nSPS) is 9.96. The Balaban J connectivity index is 2.22. The minimum atomic E-state index is -0.630. The van der Waals surface area contributed by atoms with E-state index in [1.54, 1.807) is 31.3 Å². The third-order valence-corrected chi connectivity index (χ3v) is 3.47. The Bertz CT molecular complexity index is 797. The highest BCUT2D eigenvalue weighted by Crippen LogP contribution is 2.24. The average Bonchev–Trinajstić information content (AvgIpc) is 2.54. The molecular weight excluding hydrogens is 318 g/mol. The van der Waals surface area contributed by atoms with E-state index in [9.17, 15) is 14.9 Å². The lowest BCUT2D eigenvalue weighted by atomic mass is 10.1. The summed E-state index contributed by atoms with van der Waals surface area (Å²) in [7, 11) is 1.55. The zero-order chi connectivity index (χ0) is 17.0. The van der Waals surface area contributed by atoms with Gasteiger partial charge in [0.2, 0.25) is 0 Å². The molecular formula is C16H12ClN3O3. The number of hydrogen-bond acceptors (Lipinski definition) is 4. The molecule has 2 aromatic rings. The topological polar surface area (TPSA) is 87.2 Å². The van der Waals surface area contributed by atoms with Crippen LogP contribution in [0.5, 0.6) is 0 Å². The van der Waals surface area contributed by atoms with E-state index in [0.717, 1.165) is 11.6 Å². The predicted octanol–water partition coefficient (Wildman–Crippen LogP) is 3.39. The summed E-state index contributed by atoms with van der Waals surface area (Å²) in [6, 6.07) is 12.7. The van der Waals surface area contributed by atoms with Crippen molar-refractivity contribution in [1.29, 1.82) is 5.26 Å². The van der Waals surface area contributed by atoms with Gasteiger partial charge in [-0.1, -0.05) is 23.7 Å². The number of amides is 1. The third-order valence-electron chi connectivity index (χ3n) is 3.24. The predicted molar refractivity (Wildman–Crippen MR) is 85.1 cm³/mol. The molecule has 0 N–H and O–H groups in total. The molecule has 0 unspecified atom stereocenters. The average molecular weight is 330 g/mol. The van der Waals surface area contributed by atoms with Crippen molar-refractivity contribution < 1.29 is 9.72 Å². The van der Waals surface area contributed by atoms with E-state index in [2.05, 4.69) is 0 Å². The molecule has 0 spiro atoms. The molecule has 116 valence electrons. The largest absolute Gasteiger partial charge is 0.337 e. The molecule has 0 radical (unpaired) electrons. The van der Waals surface area contributed by atoms with Crippen molar-refractivity contribution in [3.8, 4) is 6.07 Å². The van der Waals surface area contributed by atoms with Gasteiger partial charge in [0.25, 0.3) is 11.6 Å². The minimum absolute atomic E-state index is 0.0180. The molecule has 0 heterocycles. The molecule has 2 aromatic carbocycles. The first-order chi connectivity index (χ1) is 10.9. The van der Waals surface area contributed by atoms with Crippen LogP contribution in [0.4, 0.5) is 5.69 Å². The Morgan fingerprint density at radius 1 is 1.30 bits per heavy atom. The molecule has 0 aliphatic rings. The second kappa shape index (κ2) is 6.90. The number of nitro benzene ring substituents is 1. The molecule has 7 heteroatoms. The summed E-state index contributed by atoms with van der Waals surface area (Å²) in [6.07, 6.45) is 0. The van der Waals surface area contributed by atoms with Gasteiger partial charge in [0.05, 0.1) is 16.6 Å². The van der Waals surface area contributed by atoms with Gasteiger partial charge in [-0.15, -0.1) is 0 Å². The number of nitrogens with zero attached hydrogens (tertiary/aromatic N) is 3. The Labute approximate surface area is 137 Å². The third kappa shape index (κ3) is 3.84. The first-order valence-electron chi connectivity index (χ1n) is 6.61. The first kappa shape index (κ1) is 16.5. The maximum atomic E-state index is 12.4. The molecule has 0 aliphatic heterocycles. The Hall–Kier alpha value is -2.91. The van der Waals surface area contributed by atoms with E-state index in [1.807, 2.05) is 6.07 Å². The number of nitro groups is 1. The van der Waals surface area contributed by atoms with Crippen LogP contribution in [-0.2, 0) is 6.54 Å². The van der Waals surface area contributed by atoms with E-state index in [4.69, 9.17) is 16.9 Å². The van der Waals surface area contributed by atoms with Gasteiger partial charge in [0, 0.05) is 24.7 Å². The molecule has 0 aliphatic carbocycles. The summed E-state index contributed by atoms with van der Waals surface area (Å²) in [5.41, 5.74) is 0.997. The SMILES string of the molecule is CN(Cc1ccc(C#N)cc1)C(=O)c1ccc(Cl)cc1[N+](=O)[O-]. The van der Waals surface area contributed by atoms with Crippen LogP contribution in [0.15, 0.2) is 42.5 Å². The van der Waals surface area contributed by atoms with E-state index in [-0.39, 0.29) is 22.8 Å². The quantitative estimate of drug-likeness (QED) is 0.635. The van der Waals surface area contributed by atoms with Crippen LogP contribution in [-0.4, -0.2) is 22.8 Å². The summed E-state index contributed by atoms with van der Waals surface area (Å²) in [4.78, 5) is 24.3. The number of benzene rings is 2. The molecule has 0 bridgehead atoms. The number of hydrogen-bond donors (Lipinski definition) is 0. The fourth-order valence-electron chi connectivity index (χ4n) is 2.07. The fourth-order valence-corrected chi connectivity index (χ4v) is 2.24. The van der Waals surface area contributed by atoms with E-state index in [1.165, 1.54) is 17.0 Å². The number of carbonyl (C=O) groups excluding carboxylic acids is 1. The second-order valence-electron chi connectivity index (χ2n) is 4.89. The maximum absolute atomic E-state index is 12.4. The molecule has 0 saturated heterocycles. The highest BCUT2D eigenvalue weighted by Gasteiger charge is 2.23. The molecule has 0 fully saturated rings. The zero-order valence-corrected chi connectivity index (χ0v) is 12.9. The van der Waals surface area contributed by atoms with Crippen LogP contribution in [0.25, 0.3) is 0 Å². The monoisotopic (exact) mass is 329 g/mol. The lowest BCUT2D eigenvalue weighted by Gasteiger charge is -2.17. The number of halogens is 1. The van der Waals surface area contributed by atoms with Gasteiger partial charge in [-0.25, -0.2) is 0 Å². The van der Waals surface area contributed by atoms with Crippen LogP contribution < -0.4 is 0 Å². The van der Waals surface area contributed by atoms with Crippen molar-refractivity contribution in [3.05, 3.63) is 74.3 Å². The van der Waals surface area contributed by atoms with Crippen molar-refractivity contribution in [2.24, 2.45) is 0 Å². The van der Waals surface area contributed by atoms with Crippen LogP contribution in [0.2, 0.25) is 5.02 Å². The maximum Gasteiger partial charge on any atom is 0.283 e. The fraction of sp³-hybridized carbons (Fsp3) is 0.125. The minimum Gasteiger partial charge on any atom is -0.337 e. The number of rotatable bonds is 4. The van der Waals surface area contributed by atoms with Crippen molar-refractivity contribution in [1.82, 2.24) is 4.90 Å². The van der Waals surface area contributed by atoms with Crippen LogP contribution in [0.3, 0.4) is 0 Å². The van der Waals surface area contributed by atoms with Gasteiger partial charge in [0.15, 0.2) is 0 Å². The molecule has 2 rings (SSSR count). The van der Waals surface area contributed by atoms with Gasteiger partial charge in [-0.05, 0) is 29.8 Å². The smallest absolute Gasteiger partial charge is 0.283 e. The molecule has 0 aromatic heterocycles. The van der Waals surface area contributed by atoms with E-state index < -0.39 is 10.8 Å².